The molecule has 3 nitrogen and oxygen atoms in total. The molecule has 4 aromatic rings. The van der Waals surface area contributed by atoms with Crippen molar-refractivity contribution in [2.24, 2.45) is 0 Å². The van der Waals surface area contributed by atoms with Gasteiger partial charge in [-0.1, -0.05) is 66.7 Å². The van der Waals surface area contributed by atoms with Gasteiger partial charge in [0.1, 0.15) is 5.69 Å². The third-order valence-electron chi connectivity index (χ3n) is 4.26. The van der Waals surface area contributed by atoms with Crippen LogP contribution in [0.15, 0.2) is 91.0 Å². The molecule has 3 heteroatoms. The lowest BCUT2D eigenvalue weighted by Crippen LogP contribution is -2.30. The molecule has 4 rings (SSSR count). The minimum absolute atomic E-state index is 0.0359. The maximum Gasteiger partial charge on any atom is 0.275 e. The average Bonchev–Trinajstić information content (AvgIpc) is 3.11. The fourth-order valence-electron chi connectivity index (χ4n) is 2.99. The van der Waals surface area contributed by atoms with Crippen LogP contribution < -0.4 is 4.90 Å². The van der Waals surface area contributed by atoms with Crippen LogP contribution >= 0.6 is 0 Å². The van der Waals surface area contributed by atoms with E-state index >= 15 is 0 Å². The summed E-state index contributed by atoms with van der Waals surface area (Å²) in [4.78, 5) is 18.3. The first-order valence-electron chi connectivity index (χ1n) is 8.30. The summed E-state index contributed by atoms with van der Waals surface area (Å²) in [6, 6.07) is 29.7. The number of carbonyl (C=O) groups is 1. The highest BCUT2D eigenvalue weighted by Gasteiger charge is 2.19. The molecule has 0 atom stereocenters. The lowest BCUT2D eigenvalue weighted by Gasteiger charge is -2.22. The molecule has 0 fully saturated rings. The van der Waals surface area contributed by atoms with E-state index in [1.54, 1.807) is 4.90 Å². The minimum atomic E-state index is -0.0359. The fourth-order valence-corrected chi connectivity index (χ4v) is 2.99. The Morgan fingerprint density at radius 2 is 1.44 bits per heavy atom. The number of nitrogens with zero attached hydrogens (tertiary/aromatic N) is 1. The number of hydrogen-bond acceptors (Lipinski definition) is 1. The molecule has 0 bridgehead atoms. The Morgan fingerprint density at radius 3 is 2.16 bits per heavy atom. The first-order chi connectivity index (χ1) is 12.3. The second-order valence-electron chi connectivity index (χ2n) is 5.98. The number of fused-ring (bicyclic) bond motifs is 1. The molecule has 0 aliphatic rings. The average molecular weight is 326 g/mol. The van der Waals surface area contributed by atoms with Crippen molar-refractivity contribution in [1.82, 2.24) is 4.98 Å². The zero-order valence-corrected chi connectivity index (χ0v) is 13.7. The molecular formula is C22H18N2O. The molecule has 0 saturated heterocycles. The van der Waals surface area contributed by atoms with Crippen molar-refractivity contribution in [3.05, 3.63) is 102 Å². The molecule has 0 radical (unpaired) electrons. The Labute approximate surface area is 146 Å². The van der Waals surface area contributed by atoms with Gasteiger partial charge in [-0.3, -0.25) is 4.79 Å². The first kappa shape index (κ1) is 15.2. The van der Waals surface area contributed by atoms with Gasteiger partial charge in [0.05, 0.1) is 6.54 Å². The Kier molecular flexibility index (Phi) is 4.05. The molecule has 0 unspecified atom stereocenters. The van der Waals surface area contributed by atoms with Gasteiger partial charge in [-0.25, -0.2) is 0 Å². The highest BCUT2D eigenvalue weighted by atomic mass is 16.2. The standard InChI is InChI=1S/C22H18N2O/c25-22(21-15-18-11-7-8-14-20(18)23-21)24(19-12-5-2-6-13-19)16-17-9-3-1-4-10-17/h1-15,23H,16H2. The smallest absolute Gasteiger partial charge is 0.275 e. The fraction of sp³-hybridized carbons (Fsp3) is 0.0455. The minimum Gasteiger partial charge on any atom is -0.351 e. The van der Waals surface area contributed by atoms with Gasteiger partial charge in [-0.2, -0.15) is 0 Å². The van der Waals surface area contributed by atoms with Crippen LogP contribution in [-0.2, 0) is 6.54 Å². The number of aromatic amines is 1. The van der Waals surface area contributed by atoms with Crippen LogP contribution in [-0.4, -0.2) is 10.9 Å². The van der Waals surface area contributed by atoms with E-state index in [0.29, 0.717) is 12.2 Å². The van der Waals surface area contributed by atoms with Crippen molar-refractivity contribution in [2.45, 2.75) is 6.54 Å². The molecule has 3 aromatic carbocycles. The monoisotopic (exact) mass is 326 g/mol. The summed E-state index contributed by atoms with van der Waals surface area (Å²) < 4.78 is 0. The van der Waals surface area contributed by atoms with Crippen molar-refractivity contribution in [3.63, 3.8) is 0 Å². The predicted octanol–water partition coefficient (Wildman–Crippen LogP) is 5.01. The van der Waals surface area contributed by atoms with Gasteiger partial charge >= 0.3 is 0 Å². The lowest BCUT2D eigenvalue weighted by molar-refractivity contribution is 0.0981. The highest BCUT2D eigenvalue weighted by Crippen LogP contribution is 2.22. The van der Waals surface area contributed by atoms with Gasteiger partial charge < -0.3 is 9.88 Å². The highest BCUT2D eigenvalue weighted by molar-refractivity contribution is 6.07. The Morgan fingerprint density at radius 1 is 0.800 bits per heavy atom. The van der Waals surface area contributed by atoms with E-state index in [1.807, 2.05) is 91.0 Å². The van der Waals surface area contributed by atoms with Crippen molar-refractivity contribution in [3.8, 4) is 0 Å². The summed E-state index contributed by atoms with van der Waals surface area (Å²) >= 11 is 0. The predicted molar refractivity (Wildman–Crippen MR) is 102 cm³/mol. The molecule has 0 spiro atoms. The Balaban J connectivity index is 1.72. The molecule has 1 heterocycles. The van der Waals surface area contributed by atoms with Crippen molar-refractivity contribution >= 4 is 22.5 Å². The van der Waals surface area contributed by atoms with E-state index in [4.69, 9.17) is 0 Å². The summed E-state index contributed by atoms with van der Waals surface area (Å²) in [5, 5.41) is 1.04. The third-order valence-corrected chi connectivity index (χ3v) is 4.26. The molecular weight excluding hydrogens is 308 g/mol. The molecule has 0 aliphatic carbocycles. The summed E-state index contributed by atoms with van der Waals surface area (Å²) in [5.41, 5.74) is 3.55. The summed E-state index contributed by atoms with van der Waals surface area (Å²) in [6.45, 7) is 0.527. The van der Waals surface area contributed by atoms with Crippen LogP contribution in [0.3, 0.4) is 0 Å². The molecule has 0 aliphatic heterocycles. The van der Waals surface area contributed by atoms with Crippen LogP contribution in [0.1, 0.15) is 16.1 Å². The molecule has 1 aromatic heterocycles. The van der Waals surface area contributed by atoms with Crippen LogP contribution in [0.5, 0.6) is 0 Å². The van der Waals surface area contributed by atoms with E-state index in [-0.39, 0.29) is 5.91 Å². The maximum atomic E-state index is 13.2. The molecule has 25 heavy (non-hydrogen) atoms. The molecule has 0 saturated carbocycles. The SMILES string of the molecule is O=C(c1cc2ccccc2[nH]1)N(Cc1ccccc1)c1ccccc1. The number of hydrogen-bond donors (Lipinski definition) is 1. The number of carbonyl (C=O) groups excluding carboxylic acids is 1. The summed E-state index contributed by atoms with van der Waals surface area (Å²) in [5.74, 6) is -0.0359. The third kappa shape index (κ3) is 3.17. The summed E-state index contributed by atoms with van der Waals surface area (Å²) in [6.07, 6.45) is 0. The number of nitrogens with one attached hydrogen (secondary N) is 1. The van der Waals surface area contributed by atoms with Gasteiger partial charge in [0.2, 0.25) is 0 Å². The van der Waals surface area contributed by atoms with Crippen molar-refractivity contribution in [2.75, 3.05) is 4.90 Å². The summed E-state index contributed by atoms with van der Waals surface area (Å²) in [7, 11) is 0. The van der Waals surface area contributed by atoms with Gasteiger partial charge in [0.25, 0.3) is 5.91 Å². The number of benzene rings is 3. The lowest BCUT2D eigenvalue weighted by atomic mass is 10.2. The van der Waals surface area contributed by atoms with Crippen molar-refractivity contribution < 1.29 is 4.79 Å². The normalized spacial score (nSPS) is 10.7. The number of H-pyrrole nitrogens is 1. The second-order valence-corrected chi connectivity index (χ2v) is 5.98. The Bertz CT molecular complexity index is 957. The van der Waals surface area contributed by atoms with Gasteiger partial charge in [0.15, 0.2) is 0 Å². The topological polar surface area (TPSA) is 36.1 Å². The number of rotatable bonds is 4. The first-order valence-corrected chi connectivity index (χ1v) is 8.30. The molecule has 1 amide bonds. The van der Waals surface area contributed by atoms with E-state index in [1.165, 1.54) is 0 Å². The van der Waals surface area contributed by atoms with Crippen LogP contribution in [0.25, 0.3) is 10.9 Å². The van der Waals surface area contributed by atoms with Crippen LogP contribution in [0.4, 0.5) is 5.69 Å². The van der Waals surface area contributed by atoms with E-state index in [2.05, 4.69) is 4.98 Å². The van der Waals surface area contributed by atoms with E-state index in [9.17, 15) is 4.79 Å². The quantitative estimate of drug-likeness (QED) is 0.562. The van der Waals surface area contributed by atoms with Crippen LogP contribution in [0.2, 0.25) is 0 Å². The maximum absolute atomic E-state index is 13.2. The van der Waals surface area contributed by atoms with Crippen molar-refractivity contribution in [1.29, 1.82) is 0 Å². The zero-order valence-electron chi connectivity index (χ0n) is 13.7. The number of amides is 1. The van der Waals surface area contributed by atoms with E-state index in [0.717, 1.165) is 22.2 Å². The number of anilines is 1. The second kappa shape index (κ2) is 6.65. The van der Waals surface area contributed by atoms with Crippen LogP contribution in [0, 0.1) is 0 Å². The number of para-hydroxylation sites is 2. The molecule has 122 valence electrons. The van der Waals surface area contributed by atoms with Gasteiger partial charge in [-0.15, -0.1) is 0 Å². The Hall–Kier alpha value is -3.33. The van der Waals surface area contributed by atoms with Gasteiger partial charge in [-0.05, 0) is 29.8 Å². The number of aromatic nitrogens is 1. The molecule has 1 N–H and O–H groups in total. The van der Waals surface area contributed by atoms with Gasteiger partial charge in [0, 0.05) is 16.6 Å². The zero-order chi connectivity index (χ0) is 17.1. The largest absolute Gasteiger partial charge is 0.351 e. The van der Waals surface area contributed by atoms with E-state index < -0.39 is 0 Å².